The molecule has 29 heavy (non-hydrogen) atoms. The average molecular weight is 404 g/mol. The van der Waals surface area contributed by atoms with Gasteiger partial charge >= 0.3 is 13.1 Å². The third kappa shape index (κ3) is 5.19. The van der Waals surface area contributed by atoms with Crippen molar-refractivity contribution in [2.24, 2.45) is 5.92 Å². The number of carboxylic acid groups (broad SMARTS) is 1. The van der Waals surface area contributed by atoms with Gasteiger partial charge in [0, 0.05) is 6.54 Å². The first-order valence-corrected chi connectivity index (χ1v) is 9.63. The molecule has 4 unspecified atom stereocenters. The fourth-order valence-corrected chi connectivity index (χ4v) is 3.67. The Bertz CT molecular complexity index is 754. The van der Waals surface area contributed by atoms with Gasteiger partial charge in [-0.25, -0.2) is 4.79 Å². The molecule has 156 valence electrons. The molecule has 3 fully saturated rings. The number of aliphatic carboxylic acids is 1. The van der Waals surface area contributed by atoms with Crippen LogP contribution >= 0.6 is 0 Å². The van der Waals surface area contributed by atoms with Gasteiger partial charge in [-0.1, -0.05) is 12.0 Å². The third-order valence-corrected chi connectivity index (χ3v) is 5.53. The van der Waals surface area contributed by atoms with Crippen LogP contribution in [0.1, 0.15) is 19.3 Å². The Morgan fingerprint density at radius 2 is 2.03 bits per heavy atom. The Morgan fingerprint density at radius 1 is 1.31 bits per heavy atom. The second-order valence-electron chi connectivity index (χ2n) is 7.73. The molecule has 9 nitrogen and oxygen atoms in total. The van der Waals surface area contributed by atoms with E-state index in [-0.39, 0.29) is 35.1 Å². The molecule has 10 heteroatoms. The summed E-state index contributed by atoms with van der Waals surface area (Å²) in [5, 5.41) is 40.1. The largest absolute Gasteiger partial charge is 0.485 e. The number of rotatable bonds is 8. The Morgan fingerprint density at radius 3 is 2.55 bits per heavy atom. The number of carboxylic acids is 1. The smallest absolute Gasteiger partial charge is 0.455 e. The van der Waals surface area contributed by atoms with Gasteiger partial charge in [-0.3, -0.25) is 4.79 Å². The number of hydrogen-bond donors (Lipinski definition) is 5. The van der Waals surface area contributed by atoms with E-state index in [0.717, 1.165) is 0 Å². The second kappa shape index (κ2) is 9.01. The molecule has 0 spiro atoms. The lowest BCUT2D eigenvalue weighted by Gasteiger charge is -2.40. The minimum atomic E-state index is -1.34. The highest BCUT2D eigenvalue weighted by molar-refractivity contribution is 6.44. The van der Waals surface area contributed by atoms with Gasteiger partial charge < -0.3 is 35.2 Å². The van der Waals surface area contributed by atoms with Gasteiger partial charge in [0.1, 0.15) is 11.9 Å². The van der Waals surface area contributed by atoms with Crippen molar-refractivity contribution in [3.8, 4) is 12.3 Å². The number of terminal acetylenes is 1. The van der Waals surface area contributed by atoms with E-state index in [1.165, 1.54) is 6.08 Å². The van der Waals surface area contributed by atoms with Crippen LogP contribution in [0.2, 0.25) is 5.82 Å². The summed E-state index contributed by atoms with van der Waals surface area (Å²) < 4.78 is 5.75. The average Bonchev–Trinajstić information content (AvgIpc) is 3.28. The standard InChI is InChI=1S/C19H25BN2O7/c1-2-14(19(25)26)17(5-3-4-11-6-15(11)20(27)28)29-13-9-22(10-13)18(24)16-7-12(23)8-21-16/h1,3,5,11-13,15-16,21,23,27-28H,4,6-10H2,(H,25,26)/b5-3-,17-14-. The van der Waals surface area contributed by atoms with Crippen LogP contribution in [0.25, 0.3) is 0 Å². The minimum absolute atomic E-state index is 0.0493. The molecule has 3 rings (SSSR count). The van der Waals surface area contributed by atoms with Gasteiger partial charge in [-0.05, 0) is 37.1 Å². The molecule has 1 saturated carbocycles. The van der Waals surface area contributed by atoms with Gasteiger partial charge in [0.15, 0.2) is 5.57 Å². The monoisotopic (exact) mass is 404 g/mol. The van der Waals surface area contributed by atoms with Crippen LogP contribution in [0.3, 0.4) is 0 Å². The molecule has 0 radical (unpaired) electrons. The van der Waals surface area contributed by atoms with Crippen LogP contribution in [0, 0.1) is 18.3 Å². The lowest BCUT2D eigenvalue weighted by molar-refractivity contribution is -0.144. The fraction of sp³-hybridized carbons (Fsp3) is 0.579. The predicted molar refractivity (Wildman–Crippen MR) is 103 cm³/mol. The van der Waals surface area contributed by atoms with Crippen LogP contribution in [0.15, 0.2) is 23.5 Å². The van der Waals surface area contributed by atoms with Crippen LogP contribution in [0.5, 0.6) is 0 Å². The topological polar surface area (TPSA) is 140 Å². The Kier molecular flexibility index (Phi) is 6.65. The predicted octanol–water partition coefficient (Wildman–Crippen LogP) is -1.28. The number of ether oxygens (including phenoxy) is 1. The molecular weight excluding hydrogens is 379 g/mol. The first-order valence-electron chi connectivity index (χ1n) is 9.63. The summed E-state index contributed by atoms with van der Waals surface area (Å²) in [6, 6.07) is -0.408. The maximum Gasteiger partial charge on any atom is 0.455 e. The van der Waals surface area contributed by atoms with Gasteiger partial charge in [0.05, 0.1) is 25.2 Å². The van der Waals surface area contributed by atoms with Crippen molar-refractivity contribution in [2.75, 3.05) is 19.6 Å². The number of amides is 1. The van der Waals surface area contributed by atoms with E-state index in [1.54, 1.807) is 11.0 Å². The van der Waals surface area contributed by atoms with Crippen molar-refractivity contribution in [1.29, 1.82) is 0 Å². The van der Waals surface area contributed by atoms with Crippen LogP contribution in [0.4, 0.5) is 0 Å². The maximum atomic E-state index is 12.3. The number of aliphatic hydroxyl groups is 1. The molecule has 2 saturated heterocycles. The van der Waals surface area contributed by atoms with Gasteiger partial charge in [0.25, 0.3) is 0 Å². The zero-order valence-corrected chi connectivity index (χ0v) is 15.9. The molecule has 2 heterocycles. The van der Waals surface area contributed by atoms with E-state index in [0.29, 0.717) is 38.9 Å². The van der Waals surface area contributed by atoms with Crippen molar-refractivity contribution in [1.82, 2.24) is 10.2 Å². The highest BCUT2D eigenvalue weighted by Gasteiger charge is 2.44. The number of nitrogens with one attached hydrogen (secondary N) is 1. The Hall–Kier alpha value is -2.32. The number of likely N-dealkylation sites (tertiary alicyclic amines) is 1. The molecule has 0 aromatic rings. The number of aliphatic hydroxyl groups excluding tert-OH is 1. The zero-order valence-electron chi connectivity index (χ0n) is 15.9. The van der Waals surface area contributed by atoms with E-state index in [4.69, 9.17) is 21.2 Å². The van der Waals surface area contributed by atoms with Crippen molar-refractivity contribution < 1.29 is 34.6 Å². The summed E-state index contributed by atoms with van der Waals surface area (Å²) >= 11 is 0. The Balaban J connectivity index is 1.55. The maximum absolute atomic E-state index is 12.3. The highest BCUT2D eigenvalue weighted by atomic mass is 16.5. The van der Waals surface area contributed by atoms with Crippen LogP contribution in [-0.4, -0.2) is 82.0 Å². The van der Waals surface area contributed by atoms with Crippen molar-refractivity contribution in [2.45, 2.75) is 43.3 Å². The second-order valence-corrected chi connectivity index (χ2v) is 7.73. The molecular formula is C19H25BN2O7. The molecule has 0 aromatic heterocycles. The zero-order chi connectivity index (χ0) is 21.1. The number of β-amino-alcohol motifs (C(OH)–C–C–N with tert-alkyl or cyclic N) is 1. The molecule has 5 N–H and O–H groups in total. The normalized spacial score (nSPS) is 29.8. The lowest BCUT2D eigenvalue weighted by Crippen LogP contribution is -2.58. The molecule has 1 amide bonds. The van der Waals surface area contributed by atoms with Crippen LogP contribution < -0.4 is 5.32 Å². The van der Waals surface area contributed by atoms with Crippen molar-refractivity contribution in [3.63, 3.8) is 0 Å². The molecule has 1 aliphatic carbocycles. The number of carbonyl (C=O) groups excluding carboxylic acids is 1. The first-order chi connectivity index (χ1) is 13.8. The van der Waals surface area contributed by atoms with E-state index >= 15 is 0 Å². The number of nitrogens with zero attached hydrogens (tertiary/aromatic N) is 1. The summed E-state index contributed by atoms with van der Waals surface area (Å²) in [4.78, 5) is 25.3. The number of carbonyl (C=O) groups is 2. The molecule has 4 atom stereocenters. The highest BCUT2D eigenvalue weighted by Crippen LogP contribution is 2.48. The number of hydrogen-bond acceptors (Lipinski definition) is 7. The van der Waals surface area contributed by atoms with E-state index < -0.39 is 25.2 Å². The molecule has 3 aliphatic rings. The van der Waals surface area contributed by atoms with Gasteiger partial charge in [0.2, 0.25) is 5.91 Å². The number of allylic oxidation sites excluding steroid dienone is 2. The summed E-state index contributed by atoms with van der Waals surface area (Å²) in [6.07, 6.45) is 9.27. The van der Waals surface area contributed by atoms with E-state index in [9.17, 15) is 19.8 Å². The fourth-order valence-electron chi connectivity index (χ4n) is 3.67. The third-order valence-electron chi connectivity index (χ3n) is 5.53. The summed E-state index contributed by atoms with van der Waals surface area (Å²) in [7, 11) is -1.34. The summed E-state index contributed by atoms with van der Waals surface area (Å²) in [6.45, 7) is 1.01. The quantitative estimate of drug-likeness (QED) is 0.111. The van der Waals surface area contributed by atoms with Crippen molar-refractivity contribution in [3.05, 3.63) is 23.5 Å². The Labute approximate surface area is 169 Å². The molecule has 2 aliphatic heterocycles. The first kappa shape index (κ1) is 21.4. The summed E-state index contributed by atoms with van der Waals surface area (Å²) in [5.41, 5.74) is -0.304. The summed E-state index contributed by atoms with van der Waals surface area (Å²) in [5.74, 6) is 0.762. The molecule has 0 bridgehead atoms. The lowest BCUT2D eigenvalue weighted by atomic mass is 9.81. The minimum Gasteiger partial charge on any atom is -0.485 e. The van der Waals surface area contributed by atoms with Gasteiger partial charge in [-0.15, -0.1) is 6.42 Å². The van der Waals surface area contributed by atoms with Crippen LogP contribution in [-0.2, 0) is 14.3 Å². The molecule has 0 aromatic carbocycles. The SMILES string of the molecule is C#C/C(C(=O)O)=C(\C=C/CC1CC1B(O)O)OC1CN(C(=O)C2CC(O)CN2)C1. The van der Waals surface area contributed by atoms with Crippen molar-refractivity contribution >= 4 is 19.0 Å². The van der Waals surface area contributed by atoms with E-state index in [1.807, 2.05) is 0 Å². The van der Waals surface area contributed by atoms with Gasteiger partial charge in [-0.2, -0.15) is 0 Å². The van der Waals surface area contributed by atoms with E-state index in [2.05, 4.69) is 11.2 Å².